The molecule has 0 aliphatic carbocycles. The van der Waals surface area contributed by atoms with Crippen LogP contribution in [0.25, 0.3) is 10.9 Å². The molecule has 0 fully saturated rings. The number of carbonyl (C=O) groups is 2. The number of aromatic nitrogens is 1. The van der Waals surface area contributed by atoms with Crippen molar-refractivity contribution in [2.75, 3.05) is 6.54 Å². The molecular formula is C13H12N2O3. The zero-order chi connectivity index (χ0) is 13.0. The smallest absolute Gasteiger partial charge is 0.322 e. The molecule has 0 aliphatic heterocycles. The van der Waals surface area contributed by atoms with Crippen molar-refractivity contribution < 1.29 is 14.7 Å². The summed E-state index contributed by atoms with van der Waals surface area (Å²) in [6.45, 7) is -0.369. The molecule has 0 radical (unpaired) electrons. The summed E-state index contributed by atoms with van der Waals surface area (Å²) < 4.78 is 0. The van der Waals surface area contributed by atoms with Crippen molar-refractivity contribution in [3.63, 3.8) is 0 Å². The third-order valence-electron chi connectivity index (χ3n) is 2.43. The van der Waals surface area contributed by atoms with E-state index in [4.69, 9.17) is 5.11 Å². The van der Waals surface area contributed by atoms with Gasteiger partial charge in [0.05, 0.1) is 17.6 Å². The lowest BCUT2D eigenvalue weighted by molar-refractivity contribution is -0.137. The first-order valence-electron chi connectivity index (χ1n) is 5.48. The molecule has 0 aliphatic rings. The van der Waals surface area contributed by atoms with Crippen LogP contribution in [0.4, 0.5) is 0 Å². The van der Waals surface area contributed by atoms with Crippen LogP contribution in [0.3, 0.4) is 0 Å². The number of nitrogens with zero attached hydrogens (tertiary/aromatic N) is 1. The maximum Gasteiger partial charge on any atom is 0.322 e. The standard InChI is InChI=1S/C13H12N2O3/c16-12(14-8-13(17)18)7-10-6-5-9-3-1-2-4-11(9)15-10/h1-6H,7-8H2,(H,14,16)(H,17,18). The molecule has 0 saturated heterocycles. The molecule has 0 atom stereocenters. The number of carbonyl (C=O) groups excluding carboxylic acids is 1. The first kappa shape index (κ1) is 12.0. The first-order chi connectivity index (χ1) is 8.65. The lowest BCUT2D eigenvalue weighted by Gasteiger charge is -2.03. The van der Waals surface area contributed by atoms with Gasteiger partial charge in [-0.2, -0.15) is 0 Å². The summed E-state index contributed by atoms with van der Waals surface area (Å²) >= 11 is 0. The molecule has 1 amide bonds. The SMILES string of the molecule is O=C(O)CNC(=O)Cc1ccc2ccccc2n1. The maximum absolute atomic E-state index is 11.4. The summed E-state index contributed by atoms with van der Waals surface area (Å²) in [6, 6.07) is 11.3. The van der Waals surface area contributed by atoms with Crippen LogP contribution in [0.5, 0.6) is 0 Å². The summed E-state index contributed by atoms with van der Waals surface area (Å²) in [5.74, 6) is -1.41. The molecule has 2 rings (SSSR count). The van der Waals surface area contributed by atoms with Crippen LogP contribution in [0.1, 0.15) is 5.69 Å². The Hall–Kier alpha value is -2.43. The van der Waals surface area contributed by atoms with E-state index >= 15 is 0 Å². The van der Waals surface area contributed by atoms with Gasteiger partial charge in [0, 0.05) is 5.39 Å². The van der Waals surface area contributed by atoms with Gasteiger partial charge in [-0.05, 0) is 12.1 Å². The first-order valence-corrected chi connectivity index (χ1v) is 5.48. The number of carboxylic acids is 1. The Balaban J connectivity index is 2.07. The Morgan fingerprint density at radius 1 is 1.17 bits per heavy atom. The number of nitrogens with one attached hydrogen (secondary N) is 1. The van der Waals surface area contributed by atoms with E-state index in [1.54, 1.807) is 6.07 Å². The zero-order valence-electron chi connectivity index (χ0n) is 9.59. The topological polar surface area (TPSA) is 79.3 Å². The second-order valence-corrected chi connectivity index (χ2v) is 3.84. The number of carboxylic acid groups (broad SMARTS) is 1. The van der Waals surface area contributed by atoms with Crippen LogP contribution >= 0.6 is 0 Å². The second kappa shape index (κ2) is 5.27. The Morgan fingerprint density at radius 2 is 1.94 bits per heavy atom. The number of amides is 1. The average molecular weight is 244 g/mol. The Morgan fingerprint density at radius 3 is 2.72 bits per heavy atom. The van der Waals surface area contributed by atoms with Gasteiger partial charge in [-0.15, -0.1) is 0 Å². The summed E-state index contributed by atoms with van der Waals surface area (Å²) in [5.41, 5.74) is 1.44. The molecule has 1 aromatic carbocycles. The van der Waals surface area contributed by atoms with Gasteiger partial charge >= 0.3 is 5.97 Å². The van der Waals surface area contributed by atoms with E-state index in [0.29, 0.717) is 5.69 Å². The highest BCUT2D eigenvalue weighted by atomic mass is 16.4. The monoisotopic (exact) mass is 244 g/mol. The fraction of sp³-hybridized carbons (Fsp3) is 0.154. The number of rotatable bonds is 4. The lowest BCUT2D eigenvalue weighted by Crippen LogP contribution is -2.30. The van der Waals surface area contributed by atoms with Gasteiger partial charge in [0.15, 0.2) is 0 Å². The summed E-state index contributed by atoms with van der Waals surface area (Å²) in [7, 11) is 0. The van der Waals surface area contributed by atoms with E-state index in [2.05, 4.69) is 10.3 Å². The molecular weight excluding hydrogens is 232 g/mol. The molecule has 2 N–H and O–H groups in total. The number of pyridine rings is 1. The molecule has 2 aromatic rings. The predicted molar refractivity (Wildman–Crippen MR) is 66.1 cm³/mol. The van der Waals surface area contributed by atoms with Gasteiger partial charge in [-0.3, -0.25) is 14.6 Å². The molecule has 1 heterocycles. The van der Waals surface area contributed by atoms with Gasteiger partial charge in [0.1, 0.15) is 6.54 Å². The maximum atomic E-state index is 11.4. The minimum Gasteiger partial charge on any atom is -0.480 e. The molecule has 0 spiro atoms. The molecule has 92 valence electrons. The van der Waals surface area contributed by atoms with E-state index in [0.717, 1.165) is 10.9 Å². The van der Waals surface area contributed by atoms with Crippen LogP contribution in [0.15, 0.2) is 36.4 Å². The number of benzene rings is 1. The van der Waals surface area contributed by atoms with E-state index in [1.807, 2.05) is 30.3 Å². The number of fused-ring (bicyclic) bond motifs is 1. The Labute approximate surface area is 103 Å². The van der Waals surface area contributed by atoms with Crippen LogP contribution in [0, 0.1) is 0 Å². The van der Waals surface area contributed by atoms with Crippen LogP contribution in [-0.2, 0) is 16.0 Å². The summed E-state index contributed by atoms with van der Waals surface area (Å²) in [5, 5.41) is 11.7. The summed E-state index contributed by atoms with van der Waals surface area (Å²) in [6.07, 6.45) is 0.0815. The van der Waals surface area contributed by atoms with Gasteiger partial charge in [0.2, 0.25) is 5.91 Å². The highest BCUT2D eigenvalue weighted by molar-refractivity contribution is 5.83. The van der Waals surface area contributed by atoms with Gasteiger partial charge in [-0.1, -0.05) is 24.3 Å². The van der Waals surface area contributed by atoms with Crippen LogP contribution in [-0.4, -0.2) is 28.5 Å². The second-order valence-electron chi connectivity index (χ2n) is 3.84. The Kier molecular flexibility index (Phi) is 3.52. The van der Waals surface area contributed by atoms with E-state index in [-0.39, 0.29) is 18.9 Å². The zero-order valence-corrected chi connectivity index (χ0v) is 9.59. The van der Waals surface area contributed by atoms with Crippen molar-refractivity contribution in [1.82, 2.24) is 10.3 Å². The van der Waals surface area contributed by atoms with Gasteiger partial charge < -0.3 is 10.4 Å². The van der Waals surface area contributed by atoms with Crippen molar-refractivity contribution in [2.45, 2.75) is 6.42 Å². The molecule has 18 heavy (non-hydrogen) atoms. The fourth-order valence-corrected chi connectivity index (χ4v) is 1.61. The third kappa shape index (κ3) is 3.04. The van der Waals surface area contributed by atoms with Crippen molar-refractivity contribution >= 4 is 22.8 Å². The van der Waals surface area contributed by atoms with E-state index in [1.165, 1.54) is 0 Å². The quantitative estimate of drug-likeness (QED) is 0.840. The van der Waals surface area contributed by atoms with Crippen molar-refractivity contribution in [3.8, 4) is 0 Å². The number of hydrogen-bond acceptors (Lipinski definition) is 3. The minimum atomic E-state index is -1.06. The van der Waals surface area contributed by atoms with Crippen LogP contribution in [0.2, 0.25) is 0 Å². The van der Waals surface area contributed by atoms with E-state index in [9.17, 15) is 9.59 Å². The predicted octanol–water partition coefficient (Wildman–Crippen LogP) is 0.978. The van der Waals surface area contributed by atoms with Crippen molar-refractivity contribution in [1.29, 1.82) is 0 Å². The normalized spacial score (nSPS) is 10.2. The number of aliphatic carboxylic acids is 1. The largest absolute Gasteiger partial charge is 0.480 e. The number of hydrogen-bond donors (Lipinski definition) is 2. The molecule has 0 unspecified atom stereocenters. The lowest BCUT2D eigenvalue weighted by atomic mass is 10.2. The molecule has 1 aromatic heterocycles. The van der Waals surface area contributed by atoms with Gasteiger partial charge in [-0.25, -0.2) is 0 Å². The number of para-hydroxylation sites is 1. The highest BCUT2D eigenvalue weighted by Crippen LogP contribution is 2.11. The fourth-order valence-electron chi connectivity index (χ4n) is 1.61. The third-order valence-corrected chi connectivity index (χ3v) is 2.43. The van der Waals surface area contributed by atoms with Crippen molar-refractivity contribution in [3.05, 3.63) is 42.1 Å². The van der Waals surface area contributed by atoms with Gasteiger partial charge in [0.25, 0.3) is 0 Å². The molecule has 5 nitrogen and oxygen atoms in total. The van der Waals surface area contributed by atoms with E-state index < -0.39 is 5.97 Å². The molecule has 5 heteroatoms. The van der Waals surface area contributed by atoms with Crippen molar-refractivity contribution in [2.24, 2.45) is 0 Å². The minimum absolute atomic E-state index is 0.0815. The molecule has 0 bridgehead atoms. The highest BCUT2D eigenvalue weighted by Gasteiger charge is 2.06. The summed E-state index contributed by atoms with van der Waals surface area (Å²) in [4.78, 5) is 26.1. The average Bonchev–Trinajstić information content (AvgIpc) is 2.36. The Bertz CT molecular complexity index is 596. The molecule has 0 saturated carbocycles. The van der Waals surface area contributed by atoms with Crippen LogP contribution < -0.4 is 5.32 Å².